The summed E-state index contributed by atoms with van der Waals surface area (Å²) in [5, 5.41) is 3.67. The molecule has 3 heteroatoms. The monoisotopic (exact) mass is 273 g/mol. The Bertz CT molecular complexity index is 536. The molecule has 2 nitrogen and oxygen atoms in total. The number of benzene rings is 2. The van der Waals surface area contributed by atoms with E-state index in [1.54, 1.807) is 12.1 Å². The molecule has 2 aromatic rings. The number of amides is 1. The molecule has 1 N–H and O–H groups in total. The lowest BCUT2D eigenvalue weighted by atomic mass is 10.1. The molecule has 0 aliphatic heterocycles. The first-order valence-electron chi connectivity index (χ1n) is 6.24. The topological polar surface area (TPSA) is 29.1 Å². The molecule has 1 atom stereocenters. The third-order valence-electron chi connectivity index (χ3n) is 2.96. The molecule has 0 fully saturated rings. The lowest BCUT2D eigenvalue weighted by Crippen LogP contribution is -2.28. The summed E-state index contributed by atoms with van der Waals surface area (Å²) in [5.74, 6) is 0.0127. The van der Waals surface area contributed by atoms with Crippen molar-refractivity contribution in [1.82, 2.24) is 5.32 Å². The first-order valence-corrected chi connectivity index (χ1v) is 6.61. The fraction of sp³-hybridized carbons (Fsp3) is 0.188. The highest BCUT2D eigenvalue weighted by atomic mass is 35.5. The summed E-state index contributed by atoms with van der Waals surface area (Å²) in [6.45, 7) is 1.98. The van der Waals surface area contributed by atoms with Crippen LogP contribution in [0, 0.1) is 0 Å². The standard InChI is InChI=1S/C16H16ClNO/c1-12(14-5-3-2-4-6-14)18-16(19)11-13-7-9-15(17)10-8-13/h2-10,12H,11H2,1H3,(H,18,19)/t12-/m0/s1. The van der Waals surface area contributed by atoms with E-state index in [-0.39, 0.29) is 11.9 Å². The average molecular weight is 274 g/mol. The minimum absolute atomic E-state index is 0.0127. The summed E-state index contributed by atoms with van der Waals surface area (Å²) >= 11 is 5.81. The number of carbonyl (C=O) groups is 1. The van der Waals surface area contributed by atoms with Gasteiger partial charge in [0.15, 0.2) is 0 Å². The predicted molar refractivity (Wildman–Crippen MR) is 78.2 cm³/mol. The number of hydrogen-bond donors (Lipinski definition) is 1. The van der Waals surface area contributed by atoms with E-state index in [0.29, 0.717) is 11.4 Å². The number of rotatable bonds is 4. The van der Waals surface area contributed by atoms with E-state index in [4.69, 9.17) is 11.6 Å². The van der Waals surface area contributed by atoms with Gasteiger partial charge < -0.3 is 5.32 Å². The van der Waals surface area contributed by atoms with Crippen LogP contribution in [-0.4, -0.2) is 5.91 Å². The Labute approximate surface area is 118 Å². The third kappa shape index (κ3) is 4.11. The number of hydrogen-bond acceptors (Lipinski definition) is 1. The molecule has 0 radical (unpaired) electrons. The van der Waals surface area contributed by atoms with Crippen LogP contribution in [0.25, 0.3) is 0 Å². The van der Waals surface area contributed by atoms with Gasteiger partial charge in [0, 0.05) is 5.02 Å². The van der Waals surface area contributed by atoms with Crippen molar-refractivity contribution in [3.05, 3.63) is 70.7 Å². The molecule has 19 heavy (non-hydrogen) atoms. The molecule has 0 bridgehead atoms. The van der Waals surface area contributed by atoms with Gasteiger partial charge in [-0.05, 0) is 30.2 Å². The molecule has 0 aliphatic carbocycles. The van der Waals surface area contributed by atoms with Crippen molar-refractivity contribution in [2.75, 3.05) is 0 Å². The zero-order valence-corrected chi connectivity index (χ0v) is 11.5. The van der Waals surface area contributed by atoms with Gasteiger partial charge in [-0.2, -0.15) is 0 Å². The Kier molecular flexibility index (Phi) is 4.58. The summed E-state index contributed by atoms with van der Waals surface area (Å²) in [6.07, 6.45) is 0.369. The third-order valence-corrected chi connectivity index (χ3v) is 3.21. The molecule has 1 amide bonds. The lowest BCUT2D eigenvalue weighted by Gasteiger charge is -2.14. The van der Waals surface area contributed by atoms with Gasteiger partial charge in [0.05, 0.1) is 12.5 Å². The zero-order valence-electron chi connectivity index (χ0n) is 10.8. The van der Waals surface area contributed by atoms with Crippen LogP contribution in [-0.2, 0) is 11.2 Å². The van der Waals surface area contributed by atoms with Gasteiger partial charge >= 0.3 is 0 Å². The van der Waals surface area contributed by atoms with Crippen LogP contribution < -0.4 is 5.32 Å². The fourth-order valence-electron chi connectivity index (χ4n) is 1.91. The summed E-state index contributed by atoms with van der Waals surface area (Å²) in [7, 11) is 0. The number of halogens is 1. The van der Waals surface area contributed by atoms with Crippen molar-refractivity contribution in [3.8, 4) is 0 Å². The fourth-order valence-corrected chi connectivity index (χ4v) is 2.03. The van der Waals surface area contributed by atoms with Crippen molar-refractivity contribution < 1.29 is 4.79 Å². The normalized spacial score (nSPS) is 11.9. The van der Waals surface area contributed by atoms with E-state index < -0.39 is 0 Å². The Balaban J connectivity index is 1.93. The number of carbonyl (C=O) groups excluding carboxylic acids is 1. The van der Waals surface area contributed by atoms with Crippen LogP contribution in [0.4, 0.5) is 0 Å². The molecule has 2 rings (SSSR count). The molecule has 0 aliphatic rings. The summed E-state index contributed by atoms with van der Waals surface area (Å²) in [5.41, 5.74) is 2.06. The number of nitrogens with one attached hydrogen (secondary N) is 1. The molecule has 0 spiro atoms. The van der Waals surface area contributed by atoms with Gasteiger partial charge in [-0.1, -0.05) is 54.1 Å². The summed E-state index contributed by atoms with van der Waals surface area (Å²) in [6, 6.07) is 17.3. The second-order valence-electron chi connectivity index (χ2n) is 4.50. The molecule has 0 unspecified atom stereocenters. The van der Waals surface area contributed by atoms with Crippen LogP contribution in [0.1, 0.15) is 24.1 Å². The van der Waals surface area contributed by atoms with Crippen molar-refractivity contribution in [2.24, 2.45) is 0 Å². The molecule has 0 saturated heterocycles. The van der Waals surface area contributed by atoms with Gasteiger partial charge in [0.1, 0.15) is 0 Å². The largest absolute Gasteiger partial charge is 0.349 e. The summed E-state index contributed by atoms with van der Waals surface area (Å²) in [4.78, 5) is 11.9. The van der Waals surface area contributed by atoms with E-state index >= 15 is 0 Å². The smallest absolute Gasteiger partial charge is 0.224 e. The van der Waals surface area contributed by atoms with Crippen molar-refractivity contribution in [2.45, 2.75) is 19.4 Å². The molecule has 0 heterocycles. The van der Waals surface area contributed by atoms with Crippen molar-refractivity contribution >= 4 is 17.5 Å². The Morgan fingerprint density at radius 3 is 2.37 bits per heavy atom. The van der Waals surface area contributed by atoms with E-state index in [1.165, 1.54) is 0 Å². The van der Waals surface area contributed by atoms with E-state index in [0.717, 1.165) is 11.1 Å². The molecular weight excluding hydrogens is 258 g/mol. The molecule has 98 valence electrons. The SMILES string of the molecule is C[C@H](NC(=O)Cc1ccc(Cl)cc1)c1ccccc1. The Morgan fingerprint density at radius 1 is 1.11 bits per heavy atom. The van der Waals surface area contributed by atoms with Gasteiger partial charge in [0.25, 0.3) is 0 Å². The predicted octanol–water partition coefficient (Wildman–Crippen LogP) is 3.76. The maximum atomic E-state index is 11.9. The first kappa shape index (κ1) is 13.6. The molecule has 2 aromatic carbocycles. The maximum absolute atomic E-state index is 11.9. The zero-order chi connectivity index (χ0) is 13.7. The Hall–Kier alpha value is -1.80. The lowest BCUT2D eigenvalue weighted by molar-refractivity contribution is -0.121. The van der Waals surface area contributed by atoms with Crippen LogP contribution in [0.5, 0.6) is 0 Å². The van der Waals surface area contributed by atoms with E-state index in [2.05, 4.69) is 5.32 Å². The van der Waals surface area contributed by atoms with Crippen molar-refractivity contribution in [3.63, 3.8) is 0 Å². The molecule has 0 aromatic heterocycles. The van der Waals surface area contributed by atoms with Gasteiger partial charge in [-0.3, -0.25) is 4.79 Å². The highest BCUT2D eigenvalue weighted by molar-refractivity contribution is 6.30. The van der Waals surface area contributed by atoms with Crippen molar-refractivity contribution in [1.29, 1.82) is 0 Å². The van der Waals surface area contributed by atoms with Gasteiger partial charge in [-0.25, -0.2) is 0 Å². The maximum Gasteiger partial charge on any atom is 0.224 e. The molecule has 0 saturated carbocycles. The Morgan fingerprint density at radius 2 is 1.74 bits per heavy atom. The van der Waals surface area contributed by atoms with Gasteiger partial charge in [0.2, 0.25) is 5.91 Å². The summed E-state index contributed by atoms with van der Waals surface area (Å²) < 4.78 is 0. The highest BCUT2D eigenvalue weighted by Crippen LogP contribution is 2.13. The first-order chi connectivity index (χ1) is 9.15. The second kappa shape index (κ2) is 6.39. The second-order valence-corrected chi connectivity index (χ2v) is 4.94. The van der Waals surface area contributed by atoms with E-state index in [1.807, 2.05) is 49.4 Å². The highest BCUT2D eigenvalue weighted by Gasteiger charge is 2.09. The van der Waals surface area contributed by atoms with Crippen LogP contribution in [0.15, 0.2) is 54.6 Å². The van der Waals surface area contributed by atoms with Gasteiger partial charge in [-0.15, -0.1) is 0 Å². The quantitative estimate of drug-likeness (QED) is 0.903. The minimum Gasteiger partial charge on any atom is -0.349 e. The van der Waals surface area contributed by atoms with Crippen LogP contribution >= 0.6 is 11.6 Å². The van der Waals surface area contributed by atoms with Crippen LogP contribution in [0.2, 0.25) is 5.02 Å². The minimum atomic E-state index is 0.0127. The average Bonchev–Trinajstić information content (AvgIpc) is 2.42. The van der Waals surface area contributed by atoms with Crippen LogP contribution in [0.3, 0.4) is 0 Å². The van der Waals surface area contributed by atoms with E-state index in [9.17, 15) is 4.79 Å². The molecular formula is C16H16ClNO.